The summed E-state index contributed by atoms with van der Waals surface area (Å²) in [6.07, 6.45) is 1.14. The Morgan fingerprint density at radius 2 is 2.47 bits per heavy atom. The molecule has 0 aliphatic carbocycles. The van der Waals surface area contributed by atoms with Crippen molar-refractivity contribution in [2.24, 2.45) is 0 Å². The van der Waals surface area contributed by atoms with Crippen LogP contribution in [0.5, 0.6) is 0 Å². The monoisotopic (exact) mass is 252 g/mol. The van der Waals surface area contributed by atoms with E-state index >= 15 is 0 Å². The van der Waals surface area contributed by atoms with Crippen molar-refractivity contribution < 1.29 is 9.13 Å². The van der Waals surface area contributed by atoms with Crippen LogP contribution in [0.3, 0.4) is 0 Å². The van der Waals surface area contributed by atoms with E-state index in [1.54, 1.807) is 30.6 Å². The maximum atomic E-state index is 13.1. The Bertz CT molecular complexity index is 542. The summed E-state index contributed by atoms with van der Waals surface area (Å²) in [5.41, 5.74) is 0.870. The van der Waals surface area contributed by atoms with Gasteiger partial charge in [0.25, 0.3) is 0 Å². The first kappa shape index (κ1) is 10.9. The molecular weight excluding hydrogens is 239 g/mol. The zero-order valence-corrected chi connectivity index (χ0v) is 10.3. The molecule has 1 aromatic heterocycles. The topological polar surface area (TPSA) is 25.4 Å². The maximum Gasteiger partial charge on any atom is 0.186 e. The van der Waals surface area contributed by atoms with E-state index in [2.05, 4.69) is 9.88 Å². The fourth-order valence-corrected chi connectivity index (χ4v) is 3.16. The van der Waals surface area contributed by atoms with E-state index < -0.39 is 0 Å². The number of rotatable bonds is 3. The first-order chi connectivity index (χ1) is 8.28. The van der Waals surface area contributed by atoms with Gasteiger partial charge in [0, 0.05) is 13.7 Å². The van der Waals surface area contributed by atoms with Crippen LogP contribution in [0, 0.1) is 5.82 Å². The highest BCUT2D eigenvalue weighted by Gasteiger charge is 2.30. The molecule has 0 spiro atoms. The van der Waals surface area contributed by atoms with Gasteiger partial charge in [-0.15, -0.1) is 0 Å². The van der Waals surface area contributed by atoms with Crippen LogP contribution in [-0.4, -0.2) is 31.3 Å². The molecule has 1 aromatic carbocycles. The van der Waals surface area contributed by atoms with Crippen molar-refractivity contribution in [3.8, 4) is 0 Å². The molecule has 1 fully saturated rings. The van der Waals surface area contributed by atoms with Crippen molar-refractivity contribution in [2.75, 3.05) is 25.2 Å². The van der Waals surface area contributed by atoms with Crippen molar-refractivity contribution >= 4 is 26.7 Å². The lowest BCUT2D eigenvalue weighted by Crippen LogP contribution is -2.50. The number of aromatic nitrogens is 1. The number of fused-ring (bicyclic) bond motifs is 1. The summed E-state index contributed by atoms with van der Waals surface area (Å²) in [7, 11) is 1.71. The van der Waals surface area contributed by atoms with Gasteiger partial charge >= 0.3 is 0 Å². The molecule has 0 radical (unpaired) electrons. The van der Waals surface area contributed by atoms with E-state index in [0.29, 0.717) is 6.04 Å². The molecule has 2 heterocycles. The Morgan fingerprint density at radius 3 is 3.18 bits per heavy atom. The van der Waals surface area contributed by atoms with Crippen molar-refractivity contribution in [1.82, 2.24) is 4.98 Å². The number of thiazole rings is 1. The van der Waals surface area contributed by atoms with Crippen molar-refractivity contribution in [3.05, 3.63) is 24.0 Å². The predicted molar refractivity (Wildman–Crippen MR) is 67.2 cm³/mol. The smallest absolute Gasteiger partial charge is 0.186 e. The lowest BCUT2D eigenvalue weighted by Gasteiger charge is -2.40. The number of ether oxygens (including phenoxy) is 1. The maximum absolute atomic E-state index is 13.1. The molecule has 0 bridgehead atoms. The van der Waals surface area contributed by atoms with Gasteiger partial charge in [0.2, 0.25) is 0 Å². The molecular formula is C12H13FN2OS. The molecule has 17 heavy (non-hydrogen) atoms. The van der Waals surface area contributed by atoms with Crippen LogP contribution in [0.4, 0.5) is 9.52 Å². The highest BCUT2D eigenvalue weighted by Crippen LogP contribution is 2.34. The fourth-order valence-electron chi connectivity index (χ4n) is 2.07. The summed E-state index contributed by atoms with van der Waals surface area (Å²) in [5, 5.41) is 0.971. The van der Waals surface area contributed by atoms with E-state index in [1.807, 2.05) is 0 Å². The molecule has 1 aliphatic rings. The number of benzene rings is 1. The second-order valence-corrected chi connectivity index (χ2v) is 5.21. The second-order valence-electron chi connectivity index (χ2n) is 4.20. The summed E-state index contributed by atoms with van der Waals surface area (Å²) in [6.45, 7) is 1.74. The summed E-state index contributed by atoms with van der Waals surface area (Å²) in [4.78, 5) is 6.76. The molecule has 3 nitrogen and oxygen atoms in total. The standard InChI is InChI=1S/C12H13FN2OS/c1-16-7-9-4-5-15(9)12-14-10-3-2-8(13)6-11(10)17-12/h2-3,6,9H,4-5,7H2,1H3. The van der Waals surface area contributed by atoms with Crippen molar-refractivity contribution in [3.63, 3.8) is 0 Å². The quantitative estimate of drug-likeness (QED) is 0.839. The molecule has 1 aliphatic heterocycles. The highest BCUT2D eigenvalue weighted by molar-refractivity contribution is 7.22. The van der Waals surface area contributed by atoms with Gasteiger partial charge in [-0.05, 0) is 24.6 Å². The first-order valence-corrected chi connectivity index (χ1v) is 6.41. The molecule has 1 unspecified atom stereocenters. The number of halogens is 1. The number of methoxy groups -OCH3 is 1. The third-order valence-corrected chi connectivity index (χ3v) is 4.14. The molecule has 2 aromatic rings. The van der Waals surface area contributed by atoms with Crippen LogP contribution < -0.4 is 4.90 Å². The van der Waals surface area contributed by atoms with Gasteiger partial charge in [0.15, 0.2) is 5.13 Å². The highest BCUT2D eigenvalue weighted by atomic mass is 32.1. The molecule has 90 valence electrons. The van der Waals surface area contributed by atoms with Crippen LogP contribution in [0.2, 0.25) is 0 Å². The summed E-state index contributed by atoms with van der Waals surface area (Å²) in [5.74, 6) is -0.204. The summed E-state index contributed by atoms with van der Waals surface area (Å²) in [6, 6.07) is 5.15. The SMILES string of the molecule is COCC1CCN1c1nc2ccc(F)cc2s1. The van der Waals surface area contributed by atoms with E-state index in [4.69, 9.17) is 4.74 Å². The molecule has 1 saturated heterocycles. The van der Waals surface area contributed by atoms with Crippen LogP contribution in [-0.2, 0) is 4.74 Å². The van der Waals surface area contributed by atoms with Crippen LogP contribution in [0.1, 0.15) is 6.42 Å². The minimum atomic E-state index is -0.204. The third kappa shape index (κ3) is 1.89. The molecule has 5 heteroatoms. The van der Waals surface area contributed by atoms with Crippen LogP contribution >= 0.6 is 11.3 Å². The predicted octanol–water partition coefficient (Wildman–Crippen LogP) is 2.66. The molecule has 0 saturated carbocycles. The number of anilines is 1. The van der Waals surface area contributed by atoms with Gasteiger partial charge in [0.05, 0.1) is 22.9 Å². The second kappa shape index (κ2) is 4.23. The lowest BCUT2D eigenvalue weighted by molar-refractivity contribution is 0.157. The Balaban J connectivity index is 1.90. The average Bonchev–Trinajstić information content (AvgIpc) is 2.66. The number of hydrogen-bond donors (Lipinski definition) is 0. The van der Waals surface area contributed by atoms with Gasteiger partial charge in [-0.2, -0.15) is 0 Å². The first-order valence-electron chi connectivity index (χ1n) is 5.59. The lowest BCUT2D eigenvalue weighted by atomic mass is 10.1. The number of nitrogens with zero attached hydrogens (tertiary/aromatic N) is 2. The van der Waals surface area contributed by atoms with Crippen LogP contribution in [0.25, 0.3) is 10.2 Å². The van der Waals surface area contributed by atoms with Gasteiger partial charge in [0.1, 0.15) is 5.82 Å². The molecule has 0 amide bonds. The molecule has 0 N–H and O–H groups in total. The van der Waals surface area contributed by atoms with Gasteiger partial charge in [-0.25, -0.2) is 9.37 Å². The minimum Gasteiger partial charge on any atom is -0.383 e. The summed E-state index contributed by atoms with van der Waals surface area (Å²) < 4.78 is 19.2. The van der Waals surface area contributed by atoms with Crippen molar-refractivity contribution in [2.45, 2.75) is 12.5 Å². The third-order valence-electron chi connectivity index (χ3n) is 3.09. The van der Waals surface area contributed by atoms with E-state index in [-0.39, 0.29) is 5.82 Å². The van der Waals surface area contributed by atoms with Gasteiger partial charge in [-0.1, -0.05) is 11.3 Å². The molecule has 3 rings (SSSR count). The van der Waals surface area contributed by atoms with E-state index in [9.17, 15) is 4.39 Å². The Kier molecular flexibility index (Phi) is 2.72. The van der Waals surface area contributed by atoms with Crippen molar-refractivity contribution in [1.29, 1.82) is 0 Å². The molecule has 1 atom stereocenters. The zero-order chi connectivity index (χ0) is 11.8. The fraction of sp³-hybridized carbons (Fsp3) is 0.417. The minimum absolute atomic E-state index is 0.204. The van der Waals surface area contributed by atoms with Crippen LogP contribution in [0.15, 0.2) is 18.2 Å². The summed E-state index contributed by atoms with van der Waals surface area (Å²) >= 11 is 1.54. The Labute approximate surface area is 103 Å². The Morgan fingerprint density at radius 1 is 1.59 bits per heavy atom. The van der Waals surface area contributed by atoms with E-state index in [1.165, 1.54) is 6.07 Å². The number of hydrogen-bond acceptors (Lipinski definition) is 4. The Hall–Kier alpha value is -1.20. The largest absolute Gasteiger partial charge is 0.383 e. The zero-order valence-electron chi connectivity index (χ0n) is 9.52. The average molecular weight is 252 g/mol. The van der Waals surface area contributed by atoms with Gasteiger partial charge in [-0.3, -0.25) is 0 Å². The normalized spacial score (nSPS) is 19.6. The van der Waals surface area contributed by atoms with E-state index in [0.717, 1.165) is 34.9 Å². The van der Waals surface area contributed by atoms with Gasteiger partial charge < -0.3 is 9.64 Å².